The van der Waals surface area contributed by atoms with E-state index in [1.54, 1.807) is 16.7 Å². The maximum Gasteiger partial charge on any atom is 0.0434 e. The van der Waals surface area contributed by atoms with Crippen LogP contribution in [0.25, 0.3) is 74.7 Å². The Morgan fingerprint density at radius 2 is 0.981 bits per heavy atom. The van der Waals surface area contributed by atoms with Crippen LogP contribution in [0.2, 0.25) is 0 Å². The molecule has 4 saturated carbocycles. The zero-order valence-corrected chi connectivity index (χ0v) is 31.1. The van der Waals surface area contributed by atoms with Gasteiger partial charge in [-0.05, 0) is 140 Å². The topological polar surface area (TPSA) is 0 Å². The van der Waals surface area contributed by atoms with Crippen LogP contribution in [0.4, 0.5) is 0 Å². The minimum atomic E-state index is 0.148. The van der Waals surface area contributed by atoms with Gasteiger partial charge in [0.15, 0.2) is 0 Å². The predicted molar refractivity (Wildman–Crippen MR) is 230 cm³/mol. The number of rotatable bonds is 3. The number of hydrogen-bond donors (Lipinski definition) is 0. The van der Waals surface area contributed by atoms with Crippen molar-refractivity contribution in [1.29, 1.82) is 0 Å². The molecule has 0 amide bonds. The van der Waals surface area contributed by atoms with E-state index >= 15 is 0 Å². The molecule has 4 fully saturated rings. The Bertz CT molecular complexity index is 2960. The molecule has 14 rings (SSSR count). The second-order valence-electron chi connectivity index (χ2n) is 17.1. The Morgan fingerprint density at radius 3 is 1.69 bits per heavy atom. The Balaban J connectivity index is 1.07. The highest BCUT2D eigenvalue weighted by Crippen LogP contribution is 2.70. The fourth-order valence-corrected chi connectivity index (χ4v) is 14.3. The van der Waals surface area contributed by atoms with Crippen molar-refractivity contribution >= 4 is 63.8 Å². The van der Waals surface area contributed by atoms with Gasteiger partial charge in [0, 0.05) is 31.2 Å². The molecule has 0 saturated heterocycles. The van der Waals surface area contributed by atoms with Crippen molar-refractivity contribution in [2.75, 3.05) is 0 Å². The molecule has 0 unspecified atom stereocenters. The summed E-state index contributed by atoms with van der Waals surface area (Å²) in [7, 11) is 0. The third kappa shape index (κ3) is 3.84. The van der Waals surface area contributed by atoms with Crippen LogP contribution in [0, 0.1) is 23.7 Å². The highest BCUT2D eigenvalue weighted by atomic mass is 32.1. The van der Waals surface area contributed by atoms with Crippen molar-refractivity contribution in [3.05, 3.63) is 168 Å². The standard InChI is InChI=1S/C53H40S/c1-4-16-40-36(12-1)33(30-48-51(40)44-19-7-9-22-47(44)53(48)34-25-31-24-32(27-34)28-35(53)26-31)29-46-37-13-2-5-17-41(37)50(42-18-6-3-14-38(42)46)45-21-11-20-43-39-15-8-10-23-49(39)54-52(43)45/h1-23,30-32,34-35H,24-29H2. The van der Waals surface area contributed by atoms with E-state index in [1.807, 2.05) is 11.3 Å². The lowest BCUT2D eigenvalue weighted by molar-refractivity contribution is -0.0399. The average molecular weight is 709 g/mol. The van der Waals surface area contributed by atoms with Crippen molar-refractivity contribution < 1.29 is 0 Å². The van der Waals surface area contributed by atoms with Crippen molar-refractivity contribution in [3.63, 3.8) is 0 Å². The third-order valence-corrected chi connectivity index (χ3v) is 15.9. The summed E-state index contributed by atoms with van der Waals surface area (Å²) in [5.41, 5.74) is 12.2. The first-order valence-electron chi connectivity index (χ1n) is 20.2. The maximum atomic E-state index is 2.75. The summed E-state index contributed by atoms with van der Waals surface area (Å²) in [5, 5.41) is 11.0. The van der Waals surface area contributed by atoms with Gasteiger partial charge in [-0.2, -0.15) is 0 Å². The molecule has 0 N–H and O–H groups in total. The molecule has 1 heteroatoms. The molecule has 1 spiro atoms. The molecule has 1 aromatic heterocycles. The lowest BCUT2D eigenvalue weighted by Crippen LogP contribution is -2.55. The van der Waals surface area contributed by atoms with Crippen LogP contribution < -0.4 is 0 Å². The predicted octanol–water partition coefficient (Wildman–Crippen LogP) is 14.5. The molecule has 258 valence electrons. The zero-order valence-electron chi connectivity index (χ0n) is 30.3. The fraction of sp³-hybridized carbons (Fsp3) is 0.208. The van der Waals surface area contributed by atoms with Crippen molar-refractivity contribution in [3.8, 4) is 22.3 Å². The van der Waals surface area contributed by atoms with Crippen LogP contribution in [0.15, 0.2) is 146 Å². The van der Waals surface area contributed by atoms with E-state index in [9.17, 15) is 0 Å². The summed E-state index contributed by atoms with van der Waals surface area (Å²) in [4.78, 5) is 0. The second kappa shape index (κ2) is 10.9. The largest absolute Gasteiger partial charge is 0.135 e. The highest BCUT2D eigenvalue weighted by molar-refractivity contribution is 7.26. The second-order valence-corrected chi connectivity index (χ2v) is 18.2. The summed E-state index contributed by atoms with van der Waals surface area (Å²) in [6.45, 7) is 0. The molecule has 1 heterocycles. The Morgan fingerprint density at radius 1 is 0.444 bits per heavy atom. The molecule has 0 radical (unpaired) electrons. The van der Waals surface area contributed by atoms with Gasteiger partial charge in [-0.15, -0.1) is 11.3 Å². The zero-order chi connectivity index (χ0) is 35.1. The number of thiophene rings is 1. The van der Waals surface area contributed by atoms with E-state index < -0.39 is 0 Å². The molecular weight excluding hydrogens is 669 g/mol. The summed E-state index contributed by atoms with van der Waals surface area (Å²) in [6, 6.07) is 56.2. The molecule has 0 nitrogen and oxygen atoms in total. The molecular formula is C53H40S. The van der Waals surface area contributed by atoms with Gasteiger partial charge in [0.25, 0.3) is 0 Å². The SMILES string of the molecule is c1ccc2c(c1)-c1c(cc(Cc3c4ccccc4c(-c4cccc5c4sc4ccccc45)c4ccccc34)c3ccccc13)C21C2CC3CC(C2)CC1C3. The Labute approximate surface area is 320 Å². The van der Waals surface area contributed by atoms with Crippen LogP contribution in [-0.2, 0) is 11.8 Å². The van der Waals surface area contributed by atoms with E-state index in [2.05, 4.69) is 146 Å². The summed E-state index contributed by atoms with van der Waals surface area (Å²) in [5.74, 6) is 3.37. The molecule has 54 heavy (non-hydrogen) atoms. The van der Waals surface area contributed by atoms with Gasteiger partial charge < -0.3 is 0 Å². The molecule has 9 aromatic rings. The van der Waals surface area contributed by atoms with E-state index in [-0.39, 0.29) is 5.41 Å². The van der Waals surface area contributed by atoms with Crippen LogP contribution in [0.1, 0.15) is 54.4 Å². The average Bonchev–Trinajstić information content (AvgIpc) is 3.74. The quantitative estimate of drug-likeness (QED) is 0.160. The third-order valence-electron chi connectivity index (χ3n) is 14.7. The van der Waals surface area contributed by atoms with Gasteiger partial charge >= 0.3 is 0 Å². The van der Waals surface area contributed by atoms with Gasteiger partial charge in [0.2, 0.25) is 0 Å². The summed E-state index contributed by atoms with van der Waals surface area (Å²) >= 11 is 1.93. The van der Waals surface area contributed by atoms with Crippen molar-refractivity contribution in [2.24, 2.45) is 23.7 Å². The minimum Gasteiger partial charge on any atom is -0.135 e. The molecule has 8 aromatic carbocycles. The van der Waals surface area contributed by atoms with E-state index in [0.717, 1.165) is 30.1 Å². The molecule has 0 atom stereocenters. The lowest BCUT2D eigenvalue weighted by Gasteiger charge is -2.61. The Hall–Kier alpha value is -5.24. The molecule has 0 aliphatic heterocycles. The van der Waals surface area contributed by atoms with Gasteiger partial charge in [-0.3, -0.25) is 0 Å². The van der Waals surface area contributed by atoms with E-state index in [1.165, 1.54) is 112 Å². The highest BCUT2D eigenvalue weighted by Gasteiger charge is 2.61. The molecule has 5 aliphatic rings. The first-order valence-corrected chi connectivity index (χ1v) is 21.0. The maximum absolute atomic E-state index is 2.75. The van der Waals surface area contributed by atoms with Gasteiger partial charge in [-0.1, -0.05) is 140 Å². The van der Waals surface area contributed by atoms with Gasteiger partial charge in [0.05, 0.1) is 0 Å². The monoisotopic (exact) mass is 708 g/mol. The van der Waals surface area contributed by atoms with Crippen LogP contribution in [-0.4, -0.2) is 0 Å². The van der Waals surface area contributed by atoms with Crippen LogP contribution >= 0.6 is 11.3 Å². The number of fused-ring (bicyclic) bond motifs is 10. The van der Waals surface area contributed by atoms with Gasteiger partial charge in [0.1, 0.15) is 0 Å². The van der Waals surface area contributed by atoms with Crippen molar-refractivity contribution in [2.45, 2.75) is 43.9 Å². The number of benzene rings is 8. The Kier molecular flexibility index (Phi) is 6.10. The smallest absolute Gasteiger partial charge is 0.0434 e. The normalized spacial score (nSPS) is 23.7. The molecule has 4 bridgehead atoms. The molecule has 5 aliphatic carbocycles. The summed E-state index contributed by atoms with van der Waals surface area (Å²) in [6.07, 6.45) is 8.03. The first-order chi connectivity index (χ1) is 26.8. The minimum absolute atomic E-state index is 0.148. The fourth-order valence-electron chi connectivity index (χ4n) is 13.1. The van der Waals surface area contributed by atoms with Gasteiger partial charge in [-0.25, -0.2) is 0 Å². The lowest BCUT2D eigenvalue weighted by atomic mass is 9.43. The number of hydrogen-bond acceptors (Lipinski definition) is 1. The van der Waals surface area contributed by atoms with E-state index in [0.29, 0.717) is 0 Å². The summed E-state index contributed by atoms with van der Waals surface area (Å²) < 4.78 is 2.74. The van der Waals surface area contributed by atoms with E-state index in [4.69, 9.17) is 0 Å². The van der Waals surface area contributed by atoms with Crippen molar-refractivity contribution in [1.82, 2.24) is 0 Å². The van der Waals surface area contributed by atoms with Crippen LogP contribution in [0.3, 0.4) is 0 Å². The first kappa shape index (κ1) is 30.1. The van der Waals surface area contributed by atoms with Crippen LogP contribution in [0.5, 0.6) is 0 Å².